The summed E-state index contributed by atoms with van der Waals surface area (Å²) in [4.78, 5) is 271. The number of carbonyl (C=O) groups is 19. The molecule has 25 atom stereocenters. The zero-order valence-corrected chi connectivity index (χ0v) is 86.0. The molecular weight excluding hydrogens is 1960 g/mol. The van der Waals surface area contributed by atoms with Gasteiger partial charge in [0.05, 0.1) is 69.6 Å². The number of carbonyl (C=O) groups excluding carboxylic acids is 17. The van der Waals surface area contributed by atoms with Crippen LogP contribution in [-0.4, -0.2) is 423 Å². The number of nitrogens with zero attached hydrogens (tertiary/aromatic N) is 4. The molecule has 4 rings (SSSR count). The summed E-state index contributed by atoms with van der Waals surface area (Å²) in [5.74, 6) is -22.2. The predicted molar refractivity (Wildman–Crippen MR) is 515 cm³/mol. The number of likely N-dealkylation sites (N-methyl/N-ethyl adjacent to an activating group) is 2. The molecule has 52 heteroatoms. The minimum Gasteiger partial charge on any atom is -0.497 e. The Kier molecular flexibility index (Phi) is 54.6. The Morgan fingerprint density at radius 1 is 0.648 bits per heavy atom. The van der Waals surface area contributed by atoms with Gasteiger partial charge in [-0.15, -0.1) is 0 Å². The van der Waals surface area contributed by atoms with Gasteiger partial charge in [0.2, 0.25) is 65.0 Å². The van der Waals surface area contributed by atoms with E-state index in [1.54, 1.807) is 65.8 Å². The van der Waals surface area contributed by atoms with Crippen molar-refractivity contribution in [2.45, 2.75) is 319 Å². The number of nitrogens with one attached hydrogen (secondary N) is 9. The van der Waals surface area contributed by atoms with Crippen LogP contribution in [0, 0.1) is 29.6 Å². The number of Topliss-reactive ketones (excluding diaryl/α,β-unsaturated/α-hetero) is 2. The van der Waals surface area contributed by atoms with Crippen LogP contribution in [0.2, 0.25) is 0 Å². The van der Waals surface area contributed by atoms with Gasteiger partial charge >= 0.3 is 30.0 Å². The number of fused-ring (bicyclic) bond motifs is 1. The number of amides is 12. The van der Waals surface area contributed by atoms with Crippen LogP contribution in [0.3, 0.4) is 0 Å². The van der Waals surface area contributed by atoms with Gasteiger partial charge in [-0.05, 0) is 133 Å². The first kappa shape index (κ1) is 127. The third kappa shape index (κ3) is 40.9. The topological polar surface area (TPSA) is 755 Å². The molecule has 0 radical (unpaired) electrons. The van der Waals surface area contributed by atoms with E-state index in [2.05, 4.69) is 47.9 Å². The number of rotatable bonds is 51. The van der Waals surface area contributed by atoms with Gasteiger partial charge in [-0.3, -0.25) is 86.4 Å². The molecule has 0 aliphatic carbocycles. The molecule has 0 aromatic heterocycles. The molecule has 12 amide bonds. The molecule has 3 aliphatic rings. The number of aliphatic hydroxyl groups excluding tert-OH is 11. The Bertz CT molecular complexity index is 4490. The Morgan fingerprint density at radius 3 is 1.68 bits per heavy atom. The Hall–Kier alpha value is -10.6. The average Bonchev–Trinajstić information content (AvgIpc) is 1.61. The quantitative estimate of drug-likeness (QED) is 0.00951. The van der Waals surface area contributed by atoms with E-state index in [0.717, 1.165) is 38.3 Å². The van der Waals surface area contributed by atoms with Gasteiger partial charge in [0.25, 0.3) is 5.91 Å². The van der Waals surface area contributed by atoms with Crippen molar-refractivity contribution < 1.29 is 181 Å². The van der Waals surface area contributed by atoms with E-state index in [1.807, 2.05) is 13.8 Å². The third-order valence-electron chi connectivity index (χ3n) is 24.9. The maximum Gasteiger partial charge on any atom is 0.509 e. The fraction of sp³-hybridized carbons (Fsp3) is 0.731. The number of likely N-dealkylation sites (tertiary alicyclic amines) is 1. The lowest BCUT2D eigenvalue weighted by Gasteiger charge is -2.36. The summed E-state index contributed by atoms with van der Waals surface area (Å²) in [6.07, 6.45) is -28.4. The number of aliphatic carboxylic acids is 2. The number of ketones is 2. The summed E-state index contributed by atoms with van der Waals surface area (Å²) in [6.45, 7) is 13.8. The van der Waals surface area contributed by atoms with E-state index in [4.69, 9.17) is 28.8 Å². The van der Waals surface area contributed by atoms with E-state index >= 15 is 19.2 Å². The monoisotopic (exact) mass is 2100 g/mol. The largest absolute Gasteiger partial charge is 0.509 e. The number of carboxylic acids is 2. The second kappa shape index (κ2) is 62.5. The fourth-order valence-electron chi connectivity index (χ4n) is 16.1. The molecule has 3 heterocycles. The molecule has 3 saturated heterocycles. The van der Waals surface area contributed by atoms with Gasteiger partial charge < -0.3 is 153 Å². The van der Waals surface area contributed by atoms with Gasteiger partial charge in [0.1, 0.15) is 109 Å². The van der Waals surface area contributed by atoms with Crippen LogP contribution in [-0.2, 0) is 112 Å². The lowest BCUT2D eigenvalue weighted by Crippen LogP contribution is -2.62. The first-order valence-electron chi connectivity index (χ1n) is 48.2. The lowest BCUT2D eigenvalue weighted by molar-refractivity contribution is -0.163. The van der Waals surface area contributed by atoms with Crippen LogP contribution in [0.4, 0.5) is 4.79 Å². The van der Waals surface area contributed by atoms with Crippen molar-refractivity contribution in [3.8, 4) is 5.75 Å². The number of ether oxygens (including phenoxy) is 5. The van der Waals surface area contributed by atoms with Gasteiger partial charge in [0.15, 0.2) is 23.8 Å². The van der Waals surface area contributed by atoms with Gasteiger partial charge in [-0.1, -0.05) is 95.5 Å². The van der Waals surface area contributed by atoms with Crippen molar-refractivity contribution in [2.75, 3.05) is 85.3 Å². The summed E-state index contributed by atoms with van der Waals surface area (Å²) in [7, 11) is 5.88. The molecule has 820 valence electrons. The molecule has 1 aromatic rings. The highest BCUT2D eigenvalue weighted by molar-refractivity contribution is 8.76. The summed E-state index contributed by atoms with van der Waals surface area (Å²) in [5.41, 5.74) is 0.546. The van der Waals surface area contributed by atoms with Crippen LogP contribution in [0.25, 0.3) is 0 Å². The predicted octanol–water partition coefficient (Wildman–Crippen LogP) is -5.53. The standard InChI is InChI=1S/C93H149N13O37S2/c1-16-48(8)74-64(110)38-73(120)143-81(47(6)7)76(121)49(9)82(126)99-58(35-45(2)3)89(133)105-31-17-19-60(105)67(113)41-103(13)63(37-53-21-23-54(139-15)24-22-53)92(137)141-50(10)75(87(131)101-74)102-86(130)62(36-46(4)5)104(14)90(134)61-20-18-32-106(61)88(132)51(11)142-93(138)140-33-34-144-145-44-59(91(135)136)100-85(129)56(26-29-71(117)95-40-66(112)78(123)80(125)69(115)43-108)97-84(128)57(27-30-72(118)119)98-83(127)55(96-52(12)109)25-28-70(116)94-39-65(111)77(122)79(124)68(114)42-107/h21-24,45-51,55-66,68-69,74-75,77-81,107-108,110-112,114-115,122-125H,16-20,25-44H2,1-15H3,(H,94,116)(H,95,117)(H,96,109)(H,97,128)(H,98,127)(H,99,126)(H,100,129)(H,101,131)(H,102,130)(H,118,119)(H,135,136)/t48-,49-,50+,51-,55-,56-,57-,58-,59-,60-,61?,62+,63-,64-,65-,66-,68+,69+,74+,75-,77+,78+,79+,80+,81-/m0/s1. The van der Waals surface area contributed by atoms with Crippen LogP contribution >= 0.6 is 21.6 Å². The molecule has 22 N–H and O–H groups in total. The Morgan fingerprint density at radius 2 is 1.18 bits per heavy atom. The maximum absolute atomic E-state index is 15.4. The molecule has 50 nitrogen and oxygen atoms in total. The summed E-state index contributed by atoms with van der Waals surface area (Å²) in [5, 5.41) is 152. The molecule has 3 fully saturated rings. The van der Waals surface area contributed by atoms with Crippen molar-refractivity contribution in [3.63, 3.8) is 0 Å². The highest BCUT2D eigenvalue weighted by atomic mass is 33.1. The van der Waals surface area contributed by atoms with E-state index in [0.29, 0.717) is 17.7 Å². The second-order valence-electron chi connectivity index (χ2n) is 37.7. The fourth-order valence-corrected chi connectivity index (χ4v) is 18.1. The highest BCUT2D eigenvalue weighted by Gasteiger charge is 2.47. The number of hydrogen-bond donors (Lipinski definition) is 22. The van der Waals surface area contributed by atoms with Crippen molar-refractivity contribution in [2.24, 2.45) is 29.6 Å². The van der Waals surface area contributed by atoms with Crippen molar-refractivity contribution in [1.82, 2.24) is 67.5 Å². The van der Waals surface area contributed by atoms with Crippen molar-refractivity contribution >= 4 is 134 Å². The lowest BCUT2D eigenvalue weighted by atomic mass is 9.91. The number of methoxy groups -OCH3 is 1. The Balaban J connectivity index is 1.59. The zero-order valence-electron chi connectivity index (χ0n) is 84.4. The Labute approximate surface area is 848 Å². The molecular formula is C93H149N13O37S2. The molecule has 3 aliphatic heterocycles. The highest BCUT2D eigenvalue weighted by Crippen LogP contribution is 2.30. The molecule has 0 saturated carbocycles. The number of hydrogen-bond acceptors (Lipinski definition) is 38. The second-order valence-corrected chi connectivity index (χ2v) is 40.3. The van der Waals surface area contributed by atoms with Crippen LogP contribution in [0.5, 0.6) is 5.75 Å². The number of aliphatic hydroxyl groups is 11. The third-order valence-corrected chi connectivity index (χ3v) is 27.2. The average molecular weight is 2110 g/mol. The number of carboxylic acid groups (broad SMARTS) is 2. The minimum atomic E-state index is -2.15. The molecule has 1 unspecified atom stereocenters. The normalized spacial score (nSPS) is 23.0. The number of benzene rings is 1. The molecule has 145 heavy (non-hydrogen) atoms. The van der Waals surface area contributed by atoms with Gasteiger partial charge in [0, 0.05) is 70.9 Å². The van der Waals surface area contributed by atoms with E-state index in [1.165, 1.54) is 51.8 Å². The van der Waals surface area contributed by atoms with Crippen LogP contribution in [0.15, 0.2) is 24.3 Å². The number of esters is 2. The summed E-state index contributed by atoms with van der Waals surface area (Å²) in [6, 6.07) is -10.5. The molecule has 1 aromatic carbocycles. The first-order valence-corrected chi connectivity index (χ1v) is 50.7. The summed E-state index contributed by atoms with van der Waals surface area (Å²) < 4.78 is 28.0. The van der Waals surface area contributed by atoms with Gasteiger partial charge in [-0.25, -0.2) is 9.59 Å². The van der Waals surface area contributed by atoms with Crippen LogP contribution in [0.1, 0.15) is 179 Å². The maximum atomic E-state index is 15.4. The molecule has 0 spiro atoms. The smallest absolute Gasteiger partial charge is 0.497 e. The zero-order chi connectivity index (χ0) is 109. The van der Waals surface area contributed by atoms with Gasteiger partial charge in [-0.2, -0.15) is 0 Å². The van der Waals surface area contributed by atoms with E-state index in [-0.39, 0.29) is 69.7 Å². The van der Waals surface area contributed by atoms with Crippen molar-refractivity contribution in [1.29, 1.82) is 0 Å². The summed E-state index contributed by atoms with van der Waals surface area (Å²) >= 11 is 0. The number of cyclic esters (lactones) is 2. The molecule has 0 bridgehead atoms. The SMILES string of the molecule is CC[C@H](C)[C@H]1NC(=O)[C@@H](NC(=O)[C@@H](CC(C)C)N(C)C(=O)C2CCCN2C(=O)[C@H](C)OC(=O)OCCSSC[C@H](NC(=O)[C@H](CCC(=O)NC[C@H](O)[C@@H](O)[C@H](O)[C@H](O)CO)NC(=O)[C@H](CCC(=O)O)NC(=O)[C@H](CCC(=O)NC[C@H](O)[C@@H](O)[C@H](O)[C@H](O)CO)NC(C)=O)C(=O)O)[C@@H](C)OC(=O)[C@H](Cc2ccc(OC)cc2)N(C)CC(=O)[C@@H]2CCCN2C(=O)[C@H](CC(C)C)NC(=O)[C@@H](C)C(=O)[C@H](C(C)C)OC(=O)C[C@@H]1O. The minimum absolute atomic E-state index is 0.0235. The first-order chi connectivity index (χ1) is 68.0. The van der Waals surface area contributed by atoms with Crippen LogP contribution < -0.4 is 52.6 Å². The van der Waals surface area contributed by atoms with E-state index in [9.17, 15) is 133 Å². The van der Waals surface area contributed by atoms with E-state index < -0.39 is 366 Å². The van der Waals surface area contributed by atoms with Crippen molar-refractivity contribution in [3.05, 3.63) is 29.8 Å².